The minimum Gasteiger partial charge on any atom is -0.480 e. The SMILES string of the molecule is O=C(O)[C@@H]1CCc2nnnn21. The summed E-state index contributed by atoms with van der Waals surface area (Å²) in [6.45, 7) is 0. The maximum atomic E-state index is 10.5. The molecule has 0 saturated heterocycles. The van der Waals surface area contributed by atoms with Crippen molar-refractivity contribution in [1.82, 2.24) is 20.2 Å². The molecule has 0 aromatic carbocycles. The summed E-state index contributed by atoms with van der Waals surface area (Å²) in [5.41, 5.74) is 0. The third-order valence-electron chi connectivity index (χ3n) is 1.78. The van der Waals surface area contributed by atoms with Crippen LogP contribution in [-0.4, -0.2) is 31.3 Å². The lowest BCUT2D eigenvalue weighted by atomic mass is 10.2. The minimum absolute atomic E-state index is 0.556. The summed E-state index contributed by atoms with van der Waals surface area (Å²) in [5.74, 6) is -0.201. The van der Waals surface area contributed by atoms with Gasteiger partial charge in [-0.15, -0.1) is 5.10 Å². The summed E-state index contributed by atoms with van der Waals surface area (Å²) in [7, 11) is 0. The van der Waals surface area contributed by atoms with Crippen LogP contribution in [0.2, 0.25) is 0 Å². The van der Waals surface area contributed by atoms with E-state index in [2.05, 4.69) is 15.5 Å². The van der Waals surface area contributed by atoms with Gasteiger partial charge < -0.3 is 5.11 Å². The molecule has 2 rings (SSSR count). The number of carbonyl (C=O) groups is 1. The van der Waals surface area contributed by atoms with Crippen molar-refractivity contribution in [3.63, 3.8) is 0 Å². The Morgan fingerprint density at radius 3 is 3.27 bits per heavy atom. The van der Waals surface area contributed by atoms with E-state index in [-0.39, 0.29) is 0 Å². The number of aliphatic carboxylic acids is 1. The third kappa shape index (κ3) is 0.787. The smallest absolute Gasteiger partial charge is 0.328 e. The standard InChI is InChI=1S/C5H6N4O2/c10-5(11)3-1-2-4-6-7-8-9(3)4/h3H,1-2H2,(H,10,11)/t3-/m0/s1. The Balaban J connectivity index is 2.38. The van der Waals surface area contributed by atoms with Crippen LogP contribution in [0.15, 0.2) is 0 Å². The fraction of sp³-hybridized carbons (Fsp3) is 0.600. The quantitative estimate of drug-likeness (QED) is 0.575. The molecule has 11 heavy (non-hydrogen) atoms. The zero-order chi connectivity index (χ0) is 7.84. The van der Waals surface area contributed by atoms with Crippen LogP contribution in [0.3, 0.4) is 0 Å². The topological polar surface area (TPSA) is 80.9 Å². The summed E-state index contributed by atoms with van der Waals surface area (Å²) in [6, 6.07) is -0.556. The third-order valence-corrected chi connectivity index (χ3v) is 1.78. The van der Waals surface area contributed by atoms with Gasteiger partial charge in [-0.25, -0.2) is 9.48 Å². The maximum Gasteiger partial charge on any atom is 0.328 e. The molecule has 0 amide bonds. The maximum absolute atomic E-state index is 10.5. The summed E-state index contributed by atoms with van der Waals surface area (Å²) in [6.07, 6.45) is 1.23. The van der Waals surface area contributed by atoms with E-state index in [9.17, 15) is 4.79 Å². The van der Waals surface area contributed by atoms with Gasteiger partial charge in [-0.1, -0.05) is 0 Å². The normalized spacial score (nSPS) is 21.6. The molecule has 0 spiro atoms. The van der Waals surface area contributed by atoms with Crippen molar-refractivity contribution in [2.75, 3.05) is 0 Å². The number of hydrogen-bond donors (Lipinski definition) is 1. The molecule has 2 heterocycles. The molecule has 1 aliphatic rings. The Bertz CT molecular complexity index is 294. The van der Waals surface area contributed by atoms with E-state index in [0.29, 0.717) is 18.7 Å². The number of fused-ring (bicyclic) bond motifs is 1. The number of aryl methyl sites for hydroxylation is 1. The van der Waals surface area contributed by atoms with E-state index >= 15 is 0 Å². The van der Waals surface area contributed by atoms with Crippen molar-refractivity contribution < 1.29 is 9.90 Å². The van der Waals surface area contributed by atoms with Gasteiger partial charge in [-0.3, -0.25) is 0 Å². The van der Waals surface area contributed by atoms with Crippen molar-refractivity contribution in [2.45, 2.75) is 18.9 Å². The Morgan fingerprint density at radius 1 is 1.73 bits per heavy atom. The van der Waals surface area contributed by atoms with Crippen LogP contribution in [0.25, 0.3) is 0 Å². The van der Waals surface area contributed by atoms with Gasteiger partial charge >= 0.3 is 5.97 Å². The second-order valence-electron chi connectivity index (χ2n) is 2.43. The van der Waals surface area contributed by atoms with Crippen molar-refractivity contribution >= 4 is 5.97 Å². The lowest BCUT2D eigenvalue weighted by molar-refractivity contribution is -0.141. The van der Waals surface area contributed by atoms with E-state index in [4.69, 9.17) is 5.11 Å². The molecular formula is C5H6N4O2. The van der Waals surface area contributed by atoms with Crippen LogP contribution in [0.1, 0.15) is 18.3 Å². The molecule has 1 atom stereocenters. The molecule has 6 heteroatoms. The Labute approximate surface area is 61.8 Å². The highest BCUT2D eigenvalue weighted by molar-refractivity contribution is 5.72. The summed E-state index contributed by atoms with van der Waals surface area (Å²) in [4.78, 5) is 10.5. The second-order valence-corrected chi connectivity index (χ2v) is 2.43. The number of aromatic nitrogens is 4. The lowest BCUT2D eigenvalue weighted by Crippen LogP contribution is -2.16. The fourth-order valence-corrected chi connectivity index (χ4v) is 1.24. The number of hydrogen-bond acceptors (Lipinski definition) is 4. The summed E-state index contributed by atoms with van der Waals surface area (Å²) < 4.78 is 1.36. The Hall–Kier alpha value is -1.46. The van der Waals surface area contributed by atoms with E-state index < -0.39 is 12.0 Å². The summed E-state index contributed by atoms with van der Waals surface area (Å²) in [5, 5.41) is 19.3. The highest BCUT2D eigenvalue weighted by Crippen LogP contribution is 2.21. The molecule has 1 aromatic heterocycles. The van der Waals surface area contributed by atoms with Crippen LogP contribution in [0.5, 0.6) is 0 Å². The van der Waals surface area contributed by atoms with Crippen LogP contribution < -0.4 is 0 Å². The number of carboxylic acid groups (broad SMARTS) is 1. The first-order valence-electron chi connectivity index (χ1n) is 3.28. The number of carboxylic acids is 1. The van der Waals surface area contributed by atoms with Gasteiger partial charge in [0.2, 0.25) is 0 Å². The minimum atomic E-state index is -0.865. The monoisotopic (exact) mass is 154 g/mol. The molecule has 1 aliphatic heterocycles. The molecule has 0 aliphatic carbocycles. The molecule has 0 bridgehead atoms. The Kier molecular flexibility index (Phi) is 1.14. The molecule has 58 valence electrons. The van der Waals surface area contributed by atoms with Crippen molar-refractivity contribution in [1.29, 1.82) is 0 Å². The van der Waals surface area contributed by atoms with E-state index in [1.54, 1.807) is 0 Å². The second kappa shape index (κ2) is 2.01. The number of rotatable bonds is 1. The van der Waals surface area contributed by atoms with Crippen LogP contribution in [-0.2, 0) is 11.2 Å². The van der Waals surface area contributed by atoms with Crippen molar-refractivity contribution in [3.8, 4) is 0 Å². The molecule has 0 unspecified atom stereocenters. The first-order chi connectivity index (χ1) is 5.29. The summed E-state index contributed by atoms with van der Waals surface area (Å²) >= 11 is 0. The zero-order valence-electron chi connectivity index (χ0n) is 5.64. The average Bonchev–Trinajstić information content (AvgIpc) is 2.41. The van der Waals surface area contributed by atoms with Gasteiger partial charge in [0.1, 0.15) is 0 Å². The van der Waals surface area contributed by atoms with E-state index in [1.807, 2.05) is 0 Å². The number of nitrogens with zero attached hydrogens (tertiary/aromatic N) is 4. The molecule has 1 aromatic rings. The van der Waals surface area contributed by atoms with Gasteiger partial charge in [0, 0.05) is 6.42 Å². The highest BCUT2D eigenvalue weighted by atomic mass is 16.4. The lowest BCUT2D eigenvalue weighted by Gasteiger charge is -2.01. The molecular weight excluding hydrogens is 148 g/mol. The molecule has 1 N–H and O–H groups in total. The average molecular weight is 154 g/mol. The molecule has 0 radical (unpaired) electrons. The zero-order valence-corrected chi connectivity index (χ0v) is 5.64. The van der Waals surface area contributed by atoms with Crippen LogP contribution >= 0.6 is 0 Å². The van der Waals surface area contributed by atoms with E-state index in [1.165, 1.54) is 4.68 Å². The van der Waals surface area contributed by atoms with E-state index in [0.717, 1.165) is 0 Å². The Morgan fingerprint density at radius 2 is 2.55 bits per heavy atom. The molecule has 0 fully saturated rings. The predicted octanol–water partition coefficient (Wildman–Crippen LogP) is -0.755. The predicted molar refractivity (Wildman–Crippen MR) is 32.8 cm³/mol. The first kappa shape index (κ1) is 6.26. The molecule has 0 saturated carbocycles. The van der Waals surface area contributed by atoms with Crippen molar-refractivity contribution in [2.24, 2.45) is 0 Å². The highest BCUT2D eigenvalue weighted by Gasteiger charge is 2.30. The fourth-order valence-electron chi connectivity index (χ4n) is 1.24. The first-order valence-corrected chi connectivity index (χ1v) is 3.28. The molecule has 6 nitrogen and oxygen atoms in total. The van der Waals surface area contributed by atoms with Gasteiger partial charge in [0.15, 0.2) is 11.9 Å². The van der Waals surface area contributed by atoms with Gasteiger partial charge in [-0.2, -0.15) is 0 Å². The van der Waals surface area contributed by atoms with Gasteiger partial charge in [0.05, 0.1) is 0 Å². The van der Waals surface area contributed by atoms with Gasteiger partial charge in [-0.05, 0) is 16.8 Å². The largest absolute Gasteiger partial charge is 0.480 e. The van der Waals surface area contributed by atoms with Crippen LogP contribution in [0.4, 0.5) is 0 Å². The van der Waals surface area contributed by atoms with Crippen molar-refractivity contribution in [3.05, 3.63) is 5.82 Å². The van der Waals surface area contributed by atoms with Crippen LogP contribution in [0, 0.1) is 0 Å². The van der Waals surface area contributed by atoms with Gasteiger partial charge in [0.25, 0.3) is 0 Å². The number of tetrazole rings is 1.